The molecule has 0 saturated heterocycles. The molecule has 0 bridgehead atoms. The van der Waals surface area contributed by atoms with E-state index in [4.69, 9.17) is 16.5 Å². The standard InChI is InChI=1S/C18H20N4S/c19-11-4-12-22-17(14-7-9-15(20)10-8-14)13-23-18(22)21-16-5-2-1-3-6-16/h1-3,5-10,13H,4,11-12,19-20H2. The number of rotatable bonds is 5. The van der Waals surface area contributed by atoms with E-state index >= 15 is 0 Å². The second-order valence-electron chi connectivity index (χ2n) is 5.27. The van der Waals surface area contributed by atoms with Gasteiger partial charge in [0.1, 0.15) is 0 Å². The summed E-state index contributed by atoms with van der Waals surface area (Å²) in [5.74, 6) is 0. The Kier molecular flexibility index (Phi) is 4.90. The maximum atomic E-state index is 5.79. The highest BCUT2D eigenvalue weighted by Crippen LogP contribution is 2.22. The van der Waals surface area contributed by atoms with Crippen molar-refractivity contribution in [2.45, 2.75) is 13.0 Å². The lowest BCUT2D eigenvalue weighted by Gasteiger charge is -2.08. The first-order chi connectivity index (χ1) is 11.3. The molecule has 0 spiro atoms. The van der Waals surface area contributed by atoms with Gasteiger partial charge in [-0.3, -0.25) is 0 Å². The molecular formula is C18H20N4S. The summed E-state index contributed by atoms with van der Waals surface area (Å²) < 4.78 is 2.23. The average molecular weight is 324 g/mol. The second-order valence-corrected chi connectivity index (χ2v) is 6.10. The first-order valence-electron chi connectivity index (χ1n) is 7.62. The highest BCUT2D eigenvalue weighted by molar-refractivity contribution is 7.07. The molecule has 0 fully saturated rings. The number of aromatic nitrogens is 1. The lowest BCUT2D eigenvalue weighted by Crippen LogP contribution is -2.18. The number of benzene rings is 2. The Labute approximate surface area is 139 Å². The van der Waals surface area contributed by atoms with Crippen molar-refractivity contribution >= 4 is 22.7 Å². The minimum absolute atomic E-state index is 0.662. The third-order valence-electron chi connectivity index (χ3n) is 3.57. The van der Waals surface area contributed by atoms with Gasteiger partial charge in [-0.1, -0.05) is 30.3 Å². The molecular weight excluding hydrogens is 304 g/mol. The lowest BCUT2D eigenvalue weighted by molar-refractivity contribution is 0.641. The Morgan fingerprint density at radius 3 is 2.43 bits per heavy atom. The van der Waals surface area contributed by atoms with Gasteiger partial charge in [0.05, 0.1) is 11.4 Å². The molecule has 2 aromatic carbocycles. The highest BCUT2D eigenvalue weighted by Gasteiger charge is 2.08. The van der Waals surface area contributed by atoms with Crippen molar-refractivity contribution in [3.8, 4) is 11.3 Å². The average Bonchev–Trinajstić information content (AvgIpc) is 2.97. The van der Waals surface area contributed by atoms with Crippen LogP contribution in [-0.4, -0.2) is 11.1 Å². The Morgan fingerprint density at radius 2 is 1.74 bits per heavy atom. The van der Waals surface area contributed by atoms with Crippen LogP contribution in [-0.2, 0) is 6.54 Å². The van der Waals surface area contributed by atoms with E-state index < -0.39 is 0 Å². The molecule has 0 amide bonds. The molecule has 0 radical (unpaired) electrons. The molecule has 0 saturated carbocycles. The van der Waals surface area contributed by atoms with Crippen LogP contribution in [0.1, 0.15) is 6.42 Å². The van der Waals surface area contributed by atoms with Gasteiger partial charge in [0.15, 0.2) is 4.80 Å². The fraction of sp³-hybridized carbons (Fsp3) is 0.167. The Hall–Kier alpha value is -2.37. The summed E-state index contributed by atoms with van der Waals surface area (Å²) in [6.07, 6.45) is 0.917. The molecule has 0 unspecified atom stereocenters. The Bertz CT molecular complexity index is 816. The van der Waals surface area contributed by atoms with Gasteiger partial charge in [0.2, 0.25) is 0 Å². The summed E-state index contributed by atoms with van der Waals surface area (Å²) in [6.45, 7) is 1.51. The van der Waals surface area contributed by atoms with E-state index in [1.807, 2.05) is 54.6 Å². The van der Waals surface area contributed by atoms with Gasteiger partial charge < -0.3 is 16.0 Å². The van der Waals surface area contributed by atoms with Gasteiger partial charge >= 0.3 is 0 Å². The predicted octanol–water partition coefficient (Wildman–Crippen LogP) is 3.38. The first-order valence-corrected chi connectivity index (χ1v) is 8.50. The van der Waals surface area contributed by atoms with Crippen LogP contribution < -0.4 is 16.3 Å². The molecule has 4 nitrogen and oxygen atoms in total. The molecule has 3 aromatic rings. The summed E-state index contributed by atoms with van der Waals surface area (Å²) in [7, 11) is 0. The van der Waals surface area contributed by atoms with Crippen molar-refractivity contribution in [1.82, 2.24) is 4.57 Å². The SMILES string of the molecule is NCCCn1c(-c2ccc(N)cc2)csc1=Nc1ccccc1. The molecule has 23 heavy (non-hydrogen) atoms. The second kappa shape index (κ2) is 7.26. The van der Waals surface area contributed by atoms with Gasteiger partial charge in [0.25, 0.3) is 0 Å². The summed E-state index contributed by atoms with van der Waals surface area (Å²) >= 11 is 1.64. The minimum atomic E-state index is 0.662. The van der Waals surface area contributed by atoms with Gasteiger partial charge in [-0.15, -0.1) is 11.3 Å². The van der Waals surface area contributed by atoms with Crippen LogP contribution in [0.4, 0.5) is 11.4 Å². The van der Waals surface area contributed by atoms with E-state index in [0.717, 1.165) is 40.4 Å². The van der Waals surface area contributed by atoms with E-state index in [1.54, 1.807) is 11.3 Å². The third kappa shape index (κ3) is 3.70. The fourth-order valence-corrected chi connectivity index (χ4v) is 3.34. The Balaban J connectivity index is 2.07. The van der Waals surface area contributed by atoms with Gasteiger partial charge in [-0.05, 0) is 42.8 Å². The number of para-hydroxylation sites is 1. The Morgan fingerprint density at radius 1 is 1.00 bits per heavy atom. The van der Waals surface area contributed by atoms with Crippen LogP contribution in [0.5, 0.6) is 0 Å². The topological polar surface area (TPSA) is 69.3 Å². The molecule has 1 aromatic heterocycles. The zero-order chi connectivity index (χ0) is 16.1. The molecule has 0 aliphatic heterocycles. The first kappa shape index (κ1) is 15.5. The summed E-state index contributed by atoms with van der Waals surface area (Å²) in [4.78, 5) is 5.76. The number of nitrogen functional groups attached to an aromatic ring is 1. The molecule has 3 rings (SSSR count). The number of anilines is 1. The quantitative estimate of drug-likeness (QED) is 0.706. The van der Waals surface area contributed by atoms with Crippen molar-refractivity contribution in [3.05, 3.63) is 64.8 Å². The van der Waals surface area contributed by atoms with Gasteiger partial charge in [-0.2, -0.15) is 0 Å². The largest absolute Gasteiger partial charge is 0.399 e. The normalized spacial score (nSPS) is 11.8. The molecule has 4 N–H and O–H groups in total. The molecule has 0 aliphatic rings. The van der Waals surface area contributed by atoms with E-state index in [2.05, 4.69) is 9.95 Å². The van der Waals surface area contributed by atoms with E-state index in [-0.39, 0.29) is 0 Å². The van der Waals surface area contributed by atoms with E-state index in [9.17, 15) is 0 Å². The summed E-state index contributed by atoms with van der Waals surface area (Å²) in [5, 5.41) is 2.14. The van der Waals surface area contributed by atoms with Gasteiger partial charge in [-0.25, -0.2) is 4.99 Å². The summed E-state index contributed by atoms with van der Waals surface area (Å²) in [6, 6.07) is 17.9. The van der Waals surface area contributed by atoms with Gasteiger partial charge in [0, 0.05) is 17.6 Å². The number of hydrogen-bond donors (Lipinski definition) is 2. The summed E-state index contributed by atoms with van der Waals surface area (Å²) in [5.41, 5.74) is 15.5. The number of nitrogens with zero attached hydrogens (tertiary/aromatic N) is 2. The van der Waals surface area contributed by atoms with E-state index in [1.165, 1.54) is 0 Å². The van der Waals surface area contributed by atoms with Crippen molar-refractivity contribution in [2.75, 3.05) is 12.3 Å². The molecule has 5 heteroatoms. The van der Waals surface area contributed by atoms with Crippen molar-refractivity contribution < 1.29 is 0 Å². The van der Waals surface area contributed by atoms with E-state index in [0.29, 0.717) is 6.54 Å². The van der Waals surface area contributed by atoms with Crippen LogP contribution in [0.2, 0.25) is 0 Å². The lowest BCUT2D eigenvalue weighted by atomic mass is 10.1. The highest BCUT2D eigenvalue weighted by atomic mass is 32.1. The molecule has 0 aliphatic carbocycles. The molecule has 0 atom stereocenters. The molecule has 118 valence electrons. The minimum Gasteiger partial charge on any atom is -0.399 e. The van der Waals surface area contributed by atoms with Crippen LogP contribution >= 0.6 is 11.3 Å². The smallest absolute Gasteiger partial charge is 0.190 e. The maximum absolute atomic E-state index is 5.79. The molecule has 1 heterocycles. The predicted molar refractivity (Wildman–Crippen MR) is 97.5 cm³/mol. The number of hydrogen-bond acceptors (Lipinski definition) is 4. The zero-order valence-corrected chi connectivity index (χ0v) is 13.7. The monoisotopic (exact) mass is 324 g/mol. The number of thiazole rings is 1. The van der Waals surface area contributed by atoms with Crippen molar-refractivity contribution in [1.29, 1.82) is 0 Å². The van der Waals surface area contributed by atoms with Crippen molar-refractivity contribution in [3.63, 3.8) is 0 Å². The van der Waals surface area contributed by atoms with Crippen LogP contribution in [0.15, 0.2) is 65.0 Å². The van der Waals surface area contributed by atoms with Crippen LogP contribution in [0, 0.1) is 0 Å². The number of nitrogens with two attached hydrogens (primary N) is 2. The zero-order valence-electron chi connectivity index (χ0n) is 12.9. The third-order valence-corrected chi connectivity index (χ3v) is 4.43. The van der Waals surface area contributed by atoms with Crippen molar-refractivity contribution in [2.24, 2.45) is 10.7 Å². The fourth-order valence-electron chi connectivity index (χ4n) is 2.38. The van der Waals surface area contributed by atoms with Crippen LogP contribution in [0.25, 0.3) is 11.3 Å². The van der Waals surface area contributed by atoms with Crippen LogP contribution in [0.3, 0.4) is 0 Å². The maximum Gasteiger partial charge on any atom is 0.190 e.